The van der Waals surface area contributed by atoms with Crippen molar-refractivity contribution in [2.75, 3.05) is 0 Å². The Bertz CT molecular complexity index is 751. The van der Waals surface area contributed by atoms with Gasteiger partial charge in [0.05, 0.1) is 17.1 Å². The smallest absolute Gasteiger partial charge is 0.258 e. The number of phenols is 2. The van der Waals surface area contributed by atoms with Crippen LogP contribution in [0.25, 0.3) is 11.5 Å². The van der Waals surface area contributed by atoms with Crippen LogP contribution in [0.4, 0.5) is 0 Å². The van der Waals surface area contributed by atoms with Crippen molar-refractivity contribution in [2.24, 2.45) is 0 Å². The molecule has 0 fully saturated rings. The molecular formula is C13H11N3O3S. The van der Waals surface area contributed by atoms with E-state index in [9.17, 15) is 10.2 Å². The molecule has 0 amide bonds. The number of aryl methyl sites for hydroxylation is 1. The molecule has 0 radical (unpaired) electrons. The minimum atomic E-state index is -0.225. The van der Waals surface area contributed by atoms with Crippen molar-refractivity contribution in [1.29, 1.82) is 0 Å². The highest BCUT2D eigenvalue weighted by Gasteiger charge is 2.12. The summed E-state index contributed by atoms with van der Waals surface area (Å²) in [6.07, 6.45) is 0.498. The third-order valence-electron chi connectivity index (χ3n) is 2.70. The van der Waals surface area contributed by atoms with Gasteiger partial charge in [-0.1, -0.05) is 5.16 Å². The van der Waals surface area contributed by atoms with E-state index in [1.165, 1.54) is 12.1 Å². The minimum Gasteiger partial charge on any atom is -0.504 e. The molecule has 6 nitrogen and oxygen atoms in total. The Morgan fingerprint density at radius 3 is 2.75 bits per heavy atom. The number of aromatic hydroxyl groups is 2. The fourth-order valence-corrected chi connectivity index (χ4v) is 2.36. The summed E-state index contributed by atoms with van der Waals surface area (Å²) in [5, 5.41) is 25.6. The number of thiazole rings is 1. The average molecular weight is 289 g/mol. The lowest BCUT2D eigenvalue weighted by atomic mass is 10.2. The fourth-order valence-electron chi connectivity index (χ4n) is 1.75. The number of rotatable bonds is 3. The summed E-state index contributed by atoms with van der Waals surface area (Å²) in [6, 6.07) is 4.34. The Hall–Kier alpha value is -2.41. The van der Waals surface area contributed by atoms with Crippen LogP contribution in [0.1, 0.15) is 16.5 Å². The Balaban J connectivity index is 1.84. The first-order chi connectivity index (χ1) is 9.61. The lowest BCUT2D eigenvalue weighted by Gasteiger charge is -1.98. The molecule has 2 aromatic heterocycles. The molecule has 20 heavy (non-hydrogen) atoms. The van der Waals surface area contributed by atoms with Crippen molar-refractivity contribution in [1.82, 2.24) is 15.1 Å². The van der Waals surface area contributed by atoms with Gasteiger partial charge < -0.3 is 14.7 Å². The first kappa shape index (κ1) is 12.6. The maximum atomic E-state index is 9.46. The highest BCUT2D eigenvalue weighted by Crippen LogP contribution is 2.29. The summed E-state index contributed by atoms with van der Waals surface area (Å²) in [5.74, 6) is 0.406. The second kappa shape index (κ2) is 4.93. The monoisotopic (exact) mass is 289 g/mol. The highest BCUT2D eigenvalue weighted by molar-refractivity contribution is 7.09. The van der Waals surface area contributed by atoms with E-state index in [-0.39, 0.29) is 11.5 Å². The Kier molecular flexibility index (Phi) is 3.11. The molecule has 0 spiro atoms. The Morgan fingerprint density at radius 1 is 1.20 bits per heavy atom. The minimum absolute atomic E-state index is 0.188. The number of aromatic nitrogens is 3. The van der Waals surface area contributed by atoms with Crippen molar-refractivity contribution in [3.63, 3.8) is 0 Å². The van der Waals surface area contributed by atoms with E-state index in [1.54, 1.807) is 17.4 Å². The molecular weight excluding hydrogens is 278 g/mol. The number of hydrogen-bond donors (Lipinski definition) is 2. The van der Waals surface area contributed by atoms with Crippen LogP contribution in [0.2, 0.25) is 0 Å². The van der Waals surface area contributed by atoms with Crippen molar-refractivity contribution in [3.05, 3.63) is 40.1 Å². The van der Waals surface area contributed by atoms with Crippen LogP contribution in [-0.2, 0) is 6.42 Å². The van der Waals surface area contributed by atoms with E-state index in [0.717, 1.165) is 10.7 Å². The van der Waals surface area contributed by atoms with Crippen molar-refractivity contribution in [3.8, 4) is 23.0 Å². The Morgan fingerprint density at radius 2 is 2.05 bits per heavy atom. The van der Waals surface area contributed by atoms with Crippen LogP contribution in [0.3, 0.4) is 0 Å². The molecule has 0 bridgehead atoms. The molecule has 7 heteroatoms. The second-order valence-corrected chi connectivity index (χ2v) is 5.32. The largest absolute Gasteiger partial charge is 0.504 e. The van der Waals surface area contributed by atoms with Gasteiger partial charge in [-0.05, 0) is 25.1 Å². The molecule has 2 heterocycles. The molecule has 2 N–H and O–H groups in total. The first-order valence-electron chi connectivity index (χ1n) is 5.88. The van der Waals surface area contributed by atoms with Gasteiger partial charge in [0.1, 0.15) is 0 Å². The van der Waals surface area contributed by atoms with Gasteiger partial charge in [0, 0.05) is 10.9 Å². The molecule has 3 aromatic rings. The number of nitrogens with zero attached hydrogens (tertiary/aromatic N) is 3. The lowest BCUT2D eigenvalue weighted by molar-refractivity contribution is 0.402. The summed E-state index contributed by atoms with van der Waals surface area (Å²) in [5.41, 5.74) is 1.45. The van der Waals surface area contributed by atoms with E-state index in [1.807, 2.05) is 12.3 Å². The quantitative estimate of drug-likeness (QED) is 0.720. The summed E-state index contributed by atoms with van der Waals surface area (Å²) in [6.45, 7) is 1.94. The second-order valence-electron chi connectivity index (χ2n) is 4.25. The number of benzene rings is 1. The van der Waals surface area contributed by atoms with Gasteiger partial charge >= 0.3 is 0 Å². The van der Waals surface area contributed by atoms with Crippen molar-refractivity contribution >= 4 is 11.3 Å². The average Bonchev–Trinajstić information content (AvgIpc) is 3.03. The normalized spacial score (nSPS) is 10.8. The first-order valence-corrected chi connectivity index (χ1v) is 6.76. The lowest BCUT2D eigenvalue weighted by Crippen LogP contribution is -1.91. The summed E-state index contributed by atoms with van der Waals surface area (Å²) in [7, 11) is 0. The molecule has 0 aliphatic carbocycles. The van der Waals surface area contributed by atoms with Gasteiger partial charge in [-0.15, -0.1) is 11.3 Å². The third kappa shape index (κ3) is 2.48. The van der Waals surface area contributed by atoms with Gasteiger partial charge in [0.25, 0.3) is 5.89 Å². The molecule has 0 unspecified atom stereocenters. The van der Waals surface area contributed by atoms with E-state index in [4.69, 9.17) is 4.52 Å². The van der Waals surface area contributed by atoms with Crippen molar-refractivity contribution in [2.45, 2.75) is 13.3 Å². The maximum Gasteiger partial charge on any atom is 0.258 e. The van der Waals surface area contributed by atoms with Crippen LogP contribution in [0.15, 0.2) is 28.1 Å². The molecule has 0 aliphatic rings. The van der Waals surface area contributed by atoms with Crippen LogP contribution < -0.4 is 0 Å². The van der Waals surface area contributed by atoms with E-state index in [0.29, 0.717) is 23.7 Å². The fraction of sp³-hybridized carbons (Fsp3) is 0.154. The molecule has 0 saturated heterocycles. The third-order valence-corrected chi connectivity index (χ3v) is 3.52. The maximum absolute atomic E-state index is 9.46. The highest BCUT2D eigenvalue weighted by atomic mass is 32.1. The van der Waals surface area contributed by atoms with Gasteiger partial charge in [0.15, 0.2) is 17.3 Å². The molecule has 0 atom stereocenters. The van der Waals surface area contributed by atoms with Crippen LogP contribution >= 0.6 is 11.3 Å². The van der Waals surface area contributed by atoms with Gasteiger partial charge in [-0.2, -0.15) is 4.98 Å². The Labute approximate surface area is 118 Å². The summed E-state index contributed by atoms with van der Waals surface area (Å²) in [4.78, 5) is 8.59. The predicted octanol–water partition coefficient (Wildman–Crippen LogP) is 2.50. The van der Waals surface area contributed by atoms with Gasteiger partial charge in [-0.25, -0.2) is 4.98 Å². The van der Waals surface area contributed by atoms with Gasteiger partial charge in [0.2, 0.25) is 0 Å². The zero-order valence-electron chi connectivity index (χ0n) is 10.6. The SMILES string of the molecule is Cc1nc(Cc2noc(-c3ccc(O)c(O)c3)n2)cs1. The van der Waals surface area contributed by atoms with Crippen LogP contribution in [-0.4, -0.2) is 25.3 Å². The van der Waals surface area contributed by atoms with E-state index in [2.05, 4.69) is 15.1 Å². The molecule has 102 valence electrons. The number of phenolic OH excluding ortho intramolecular Hbond substituents is 2. The number of hydrogen-bond acceptors (Lipinski definition) is 7. The molecule has 3 rings (SSSR count). The summed E-state index contributed by atoms with van der Waals surface area (Å²) >= 11 is 1.57. The van der Waals surface area contributed by atoms with Crippen LogP contribution in [0, 0.1) is 6.92 Å². The van der Waals surface area contributed by atoms with Gasteiger partial charge in [-0.3, -0.25) is 0 Å². The van der Waals surface area contributed by atoms with Crippen LogP contribution in [0.5, 0.6) is 11.5 Å². The topological polar surface area (TPSA) is 92.3 Å². The standard InChI is InChI=1S/C13H11N3O3S/c1-7-14-9(6-20-7)5-12-15-13(19-16-12)8-2-3-10(17)11(18)4-8/h2-4,6,17-18H,5H2,1H3. The zero-order valence-corrected chi connectivity index (χ0v) is 11.4. The predicted molar refractivity (Wildman–Crippen MR) is 72.7 cm³/mol. The van der Waals surface area contributed by atoms with E-state index >= 15 is 0 Å². The zero-order chi connectivity index (χ0) is 14.1. The molecule has 0 saturated carbocycles. The molecule has 0 aliphatic heterocycles. The summed E-state index contributed by atoms with van der Waals surface area (Å²) < 4.78 is 5.15. The van der Waals surface area contributed by atoms with E-state index < -0.39 is 0 Å². The van der Waals surface area contributed by atoms with Crippen molar-refractivity contribution < 1.29 is 14.7 Å². The molecule has 1 aromatic carbocycles.